The fourth-order valence-corrected chi connectivity index (χ4v) is 2.59. The van der Waals surface area contributed by atoms with E-state index >= 15 is 0 Å². The normalized spacial score (nSPS) is 12.2. The van der Waals surface area contributed by atoms with Crippen LogP contribution in [0.15, 0.2) is 42.5 Å². The van der Waals surface area contributed by atoms with Crippen molar-refractivity contribution in [3.8, 4) is 17.2 Å². The first kappa shape index (κ1) is 21.5. The minimum Gasteiger partial charge on any atom is -0.508 e. The van der Waals surface area contributed by atoms with E-state index in [4.69, 9.17) is 9.47 Å². The van der Waals surface area contributed by atoms with Crippen LogP contribution >= 0.6 is 0 Å². The molecule has 0 aliphatic carbocycles. The maximum Gasteiger partial charge on any atom is 0.185 e. The first-order valence-electron chi connectivity index (χ1n) is 9.38. The van der Waals surface area contributed by atoms with Gasteiger partial charge >= 0.3 is 0 Å². The Morgan fingerprint density at radius 3 is 2.04 bits per heavy atom. The summed E-state index contributed by atoms with van der Waals surface area (Å²) < 4.78 is 12.1. The third kappa shape index (κ3) is 6.45. The molecule has 0 unspecified atom stereocenters. The average Bonchev–Trinajstić information content (AvgIpc) is 2.54. The van der Waals surface area contributed by atoms with Crippen LogP contribution in [0.1, 0.15) is 63.0 Å². The fraction of sp³-hybridized carbons (Fsp3) is 0.375. The average molecular weight is 383 g/mol. The molecule has 1 N–H and O–H groups in total. The zero-order valence-corrected chi connectivity index (χ0v) is 17.8. The van der Waals surface area contributed by atoms with Crippen molar-refractivity contribution < 1.29 is 19.4 Å². The predicted molar refractivity (Wildman–Crippen MR) is 113 cm³/mol. The van der Waals surface area contributed by atoms with Gasteiger partial charge in [0.25, 0.3) is 0 Å². The Balaban J connectivity index is 2.40. The molecule has 28 heavy (non-hydrogen) atoms. The summed E-state index contributed by atoms with van der Waals surface area (Å²) in [5.74, 6) is 1.41. The van der Waals surface area contributed by atoms with E-state index in [9.17, 15) is 9.90 Å². The number of phenols is 1. The van der Waals surface area contributed by atoms with Gasteiger partial charge < -0.3 is 14.6 Å². The minimum absolute atomic E-state index is 0.132. The van der Waals surface area contributed by atoms with Crippen molar-refractivity contribution >= 4 is 11.9 Å². The Bertz CT molecular complexity index is 863. The number of hydrogen-bond donors (Lipinski definition) is 1. The molecule has 0 spiro atoms. The Hall–Kier alpha value is -2.75. The highest BCUT2D eigenvalue weighted by atomic mass is 16.5. The Kier molecular flexibility index (Phi) is 6.23. The molecule has 0 fully saturated rings. The van der Waals surface area contributed by atoms with E-state index in [1.165, 1.54) is 18.2 Å². The number of ether oxygens (including phenoxy) is 2. The molecule has 0 radical (unpaired) electrons. The van der Waals surface area contributed by atoms with Gasteiger partial charge in [0, 0.05) is 11.6 Å². The summed E-state index contributed by atoms with van der Waals surface area (Å²) >= 11 is 0. The first-order valence-corrected chi connectivity index (χ1v) is 9.38. The number of aromatic hydroxyl groups is 1. The van der Waals surface area contributed by atoms with E-state index in [1.807, 2.05) is 60.6 Å². The van der Waals surface area contributed by atoms with Crippen molar-refractivity contribution in [2.24, 2.45) is 0 Å². The molecular weight excluding hydrogens is 352 g/mol. The molecule has 0 aliphatic rings. The fourth-order valence-electron chi connectivity index (χ4n) is 2.59. The molecule has 2 rings (SSSR count). The van der Waals surface area contributed by atoms with Gasteiger partial charge in [-0.3, -0.25) is 4.79 Å². The highest BCUT2D eigenvalue weighted by Crippen LogP contribution is 2.33. The number of phenolic OH excluding ortho intramolecular Hbond substituents is 1. The second-order valence-electron chi connectivity index (χ2n) is 8.81. The van der Waals surface area contributed by atoms with Gasteiger partial charge in [-0.25, -0.2) is 0 Å². The number of carbonyl (C=O) groups is 1. The highest BCUT2D eigenvalue weighted by molar-refractivity contribution is 6.07. The van der Waals surface area contributed by atoms with Gasteiger partial charge in [-0.2, -0.15) is 0 Å². The zero-order valence-electron chi connectivity index (χ0n) is 17.8. The SMILES string of the molecule is Cc1c(/C=C/C(=O)c2ccc(O)cc2)cc(OC(C)(C)C)cc1OC(C)(C)C. The third-order valence-corrected chi connectivity index (χ3v) is 3.78. The van der Waals surface area contributed by atoms with E-state index < -0.39 is 0 Å². The monoisotopic (exact) mass is 382 g/mol. The van der Waals surface area contributed by atoms with Gasteiger partial charge in [0.2, 0.25) is 0 Å². The van der Waals surface area contributed by atoms with Gasteiger partial charge in [0.05, 0.1) is 0 Å². The van der Waals surface area contributed by atoms with E-state index in [1.54, 1.807) is 18.2 Å². The number of ketones is 1. The van der Waals surface area contributed by atoms with Crippen molar-refractivity contribution in [2.75, 3.05) is 0 Å². The Morgan fingerprint density at radius 2 is 1.50 bits per heavy atom. The largest absolute Gasteiger partial charge is 0.508 e. The molecule has 4 nitrogen and oxygen atoms in total. The molecule has 4 heteroatoms. The van der Waals surface area contributed by atoms with Gasteiger partial charge in [-0.15, -0.1) is 0 Å². The summed E-state index contributed by atoms with van der Waals surface area (Å²) in [6, 6.07) is 10.0. The lowest BCUT2D eigenvalue weighted by molar-refractivity contribution is 0.104. The summed E-state index contributed by atoms with van der Waals surface area (Å²) in [5.41, 5.74) is 1.60. The van der Waals surface area contributed by atoms with E-state index in [-0.39, 0.29) is 22.7 Å². The van der Waals surface area contributed by atoms with Crippen LogP contribution in [0.2, 0.25) is 0 Å². The van der Waals surface area contributed by atoms with Crippen LogP contribution in [0.5, 0.6) is 17.2 Å². The van der Waals surface area contributed by atoms with Crippen LogP contribution in [-0.2, 0) is 0 Å². The van der Waals surface area contributed by atoms with Crippen molar-refractivity contribution in [3.63, 3.8) is 0 Å². The van der Waals surface area contributed by atoms with Crippen molar-refractivity contribution in [2.45, 2.75) is 59.7 Å². The maximum atomic E-state index is 12.4. The smallest absolute Gasteiger partial charge is 0.185 e. The molecule has 0 bridgehead atoms. The second-order valence-corrected chi connectivity index (χ2v) is 8.81. The number of hydrogen-bond acceptors (Lipinski definition) is 4. The van der Waals surface area contributed by atoms with Crippen molar-refractivity contribution in [3.05, 3.63) is 59.2 Å². The number of carbonyl (C=O) groups excluding carboxylic acids is 1. The second kappa shape index (κ2) is 8.09. The minimum atomic E-state index is -0.353. The van der Waals surface area contributed by atoms with Gasteiger partial charge in [0.15, 0.2) is 5.78 Å². The predicted octanol–water partition coefficient (Wildman–Crippen LogP) is 5.95. The summed E-state index contributed by atoms with van der Waals surface area (Å²) in [7, 11) is 0. The van der Waals surface area contributed by atoms with Gasteiger partial charge in [-0.05, 0) is 96.0 Å². The zero-order chi connectivity index (χ0) is 21.1. The van der Waals surface area contributed by atoms with Gasteiger partial charge in [0.1, 0.15) is 28.5 Å². The first-order chi connectivity index (χ1) is 12.8. The Morgan fingerprint density at radius 1 is 0.929 bits per heavy atom. The molecule has 0 atom stereocenters. The molecule has 0 amide bonds. The molecular formula is C24H30O4. The summed E-state index contributed by atoms with van der Waals surface area (Å²) in [4.78, 5) is 12.4. The van der Waals surface area contributed by atoms with Crippen LogP contribution in [0.4, 0.5) is 0 Å². The molecule has 0 aromatic heterocycles. The maximum absolute atomic E-state index is 12.4. The van der Waals surface area contributed by atoms with E-state index in [2.05, 4.69) is 0 Å². The summed E-state index contributed by atoms with van der Waals surface area (Å²) in [6.45, 7) is 13.9. The molecule has 0 saturated heterocycles. The van der Waals surface area contributed by atoms with Crippen molar-refractivity contribution in [1.29, 1.82) is 0 Å². The molecule has 2 aromatic rings. The van der Waals surface area contributed by atoms with Crippen LogP contribution in [0.25, 0.3) is 6.08 Å². The van der Waals surface area contributed by atoms with E-state index in [0.717, 1.165) is 16.9 Å². The molecule has 0 aliphatic heterocycles. The molecule has 2 aromatic carbocycles. The molecule has 150 valence electrons. The van der Waals surface area contributed by atoms with Crippen LogP contribution < -0.4 is 9.47 Å². The number of benzene rings is 2. The molecule has 0 heterocycles. The summed E-state index contributed by atoms with van der Waals surface area (Å²) in [5, 5.41) is 9.37. The van der Waals surface area contributed by atoms with Crippen LogP contribution in [-0.4, -0.2) is 22.1 Å². The topological polar surface area (TPSA) is 55.8 Å². The third-order valence-electron chi connectivity index (χ3n) is 3.78. The quantitative estimate of drug-likeness (QED) is 0.513. The lowest BCUT2D eigenvalue weighted by Gasteiger charge is -2.26. The standard InChI is InChI=1S/C24H30O4/c1-16-18(10-13-21(26)17-8-11-19(25)12-9-17)14-20(27-23(2,3)4)15-22(16)28-24(5,6)7/h8-15,25H,1-7H3/b13-10+. The number of rotatable bonds is 5. The summed E-state index contributed by atoms with van der Waals surface area (Å²) in [6.07, 6.45) is 3.30. The lowest BCUT2D eigenvalue weighted by Crippen LogP contribution is -2.25. The van der Waals surface area contributed by atoms with Crippen molar-refractivity contribution in [1.82, 2.24) is 0 Å². The molecule has 0 saturated carbocycles. The van der Waals surface area contributed by atoms with Crippen LogP contribution in [0.3, 0.4) is 0 Å². The number of allylic oxidation sites excluding steroid dienone is 1. The lowest BCUT2D eigenvalue weighted by atomic mass is 10.0. The highest BCUT2D eigenvalue weighted by Gasteiger charge is 2.18. The van der Waals surface area contributed by atoms with E-state index in [0.29, 0.717) is 11.3 Å². The Labute approximate surface area is 167 Å². The van der Waals surface area contributed by atoms with Crippen LogP contribution in [0, 0.1) is 6.92 Å². The van der Waals surface area contributed by atoms with Gasteiger partial charge in [-0.1, -0.05) is 6.08 Å².